The second-order valence-electron chi connectivity index (χ2n) is 7.08. The Labute approximate surface area is 177 Å². The standard InChI is InChI=1S/C22H26N4O2.ClH/c1-2-15-11-16(14-26-9-3-4-10-26)13-18(12-15)20(22(27)28)25-19-7-5-17(6-8-19)21(23)24;/h2,5-8,11-13,20,25H,1,3-4,9-10,14H2,(H3,23,24)(H,27,28);1H/p-1. The maximum absolute atomic E-state index is 11.9. The zero-order valence-corrected chi connectivity index (χ0v) is 17.0. The number of nitrogens with one attached hydrogen (secondary N) is 2. The average Bonchev–Trinajstić information content (AvgIpc) is 3.18. The van der Waals surface area contributed by atoms with Crippen molar-refractivity contribution in [3.8, 4) is 0 Å². The van der Waals surface area contributed by atoms with Gasteiger partial charge in [0.15, 0.2) is 0 Å². The molecule has 1 saturated heterocycles. The van der Waals surface area contributed by atoms with Gasteiger partial charge in [-0.25, -0.2) is 0 Å². The van der Waals surface area contributed by atoms with Crippen molar-refractivity contribution in [1.29, 1.82) is 5.41 Å². The quantitative estimate of drug-likeness (QED) is 0.455. The molecule has 0 aromatic heterocycles. The molecule has 2 aromatic carbocycles. The van der Waals surface area contributed by atoms with Gasteiger partial charge in [-0.05, 0) is 73.0 Å². The van der Waals surface area contributed by atoms with Crippen LogP contribution in [0.4, 0.5) is 5.69 Å². The molecule has 1 aliphatic rings. The molecule has 29 heavy (non-hydrogen) atoms. The number of rotatable bonds is 8. The van der Waals surface area contributed by atoms with Gasteiger partial charge >= 0.3 is 0 Å². The van der Waals surface area contributed by atoms with Gasteiger partial charge in [-0.2, -0.15) is 0 Å². The molecule has 0 bridgehead atoms. The van der Waals surface area contributed by atoms with E-state index in [4.69, 9.17) is 11.1 Å². The van der Waals surface area contributed by atoms with Gasteiger partial charge in [0.05, 0.1) is 12.0 Å². The molecular weight excluding hydrogens is 388 g/mol. The smallest absolute Gasteiger partial charge is 0.122 e. The lowest BCUT2D eigenvalue weighted by molar-refractivity contribution is -0.307. The maximum atomic E-state index is 11.9. The van der Waals surface area contributed by atoms with Crippen molar-refractivity contribution in [2.75, 3.05) is 18.4 Å². The summed E-state index contributed by atoms with van der Waals surface area (Å²) in [5, 5.41) is 22.3. The number of carbonyl (C=O) groups is 1. The van der Waals surface area contributed by atoms with E-state index < -0.39 is 12.0 Å². The summed E-state index contributed by atoms with van der Waals surface area (Å²) in [6.07, 6.45) is 4.13. The zero-order chi connectivity index (χ0) is 20.1. The highest BCUT2D eigenvalue weighted by atomic mass is 35.5. The van der Waals surface area contributed by atoms with Crippen LogP contribution in [-0.4, -0.2) is 29.8 Å². The van der Waals surface area contributed by atoms with Crippen LogP contribution in [-0.2, 0) is 11.3 Å². The molecule has 2 aromatic rings. The third-order valence-corrected chi connectivity index (χ3v) is 4.95. The molecule has 0 radical (unpaired) electrons. The number of hydrogen-bond donors (Lipinski definition) is 3. The minimum absolute atomic E-state index is 0. The van der Waals surface area contributed by atoms with Gasteiger partial charge in [0.2, 0.25) is 0 Å². The number of nitrogens with two attached hydrogens (primary N) is 1. The van der Waals surface area contributed by atoms with Crippen LogP contribution >= 0.6 is 12.4 Å². The molecule has 0 amide bonds. The molecule has 6 nitrogen and oxygen atoms in total. The summed E-state index contributed by atoms with van der Waals surface area (Å²) in [5.41, 5.74) is 9.23. The molecule has 1 aliphatic heterocycles. The largest absolute Gasteiger partial charge is 0.548 e. The van der Waals surface area contributed by atoms with Crippen LogP contribution in [0.15, 0.2) is 49.0 Å². The molecule has 4 N–H and O–H groups in total. The summed E-state index contributed by atoms with van der Waals surface area (Å²) >= 11 is 0. The van der Waals surface area contributed by atoms with E-state index in [-0.39, 0.29) is 18.2 Å². The number of aliphatic carboxylic acids is 1. The van der Waals surface area contributed by atoms with Gasteiger partial charge in [-0.15, -0.1) is 12.4 Å². The molecule has 0 saturated carbocycles. The van der Waals surface area contributed by atoms with E-state index in [2.05, 4.69) is 16.8 Å². The summed E-state index contributed by atoms with van der Waals surface area (Å²) in [6.45, 7) is 6.76. The second-order valence-corrected chi connectivity index (χ2v) is 7.08. The van der Waals surface area contributed by atoms with E-state index in [0.717, 1.165) is 30.8 Å². The number of nitrogens with zero attached hydrogens (tertiary/aromatic N) is 1. The molecule has 0 spiro atoms. The summed E-state index contributed by atoms with van der Waals surface area (Å²) in [6, 6.07) is 11.5. The molecule has 1 unspecified atom stereocenters. The Kier molecular flexibility index (Phi) is 7.82. The zero-order valence-electron chi connectivity index (χ0n) is 16.2. The van der Waals surface area contributed by atoms with E-state index in [1.807, 2.05) is 18.2 Å². The Hall–Kier alpha value is -2.83. The van der Waals surface area contributed by atoms with Crippen LogP contribution in [0, 0.1) is 5.41 Å². The highest BCUT2D eigenvalue weighted by Gasteiger charge is 2.17. The summed E-state index contributed by atoms with van der Waals surface area (Å²) in [5.74, 6) is -1.24. The number of likely N-dealkylation sites (tertiary alicyclic amines) is 1. The predicted octanol–water partition coefficient (Wildman–Crippen LogP) is 2.53. The number of carboxylic acids is 1. The number of carbonyl (C=O) groups excluding carboxylic acids is 1. The van der Waals surface area contributed by atoms with Crippen LogP contribution in [0.2, 0.25) is 0 Å². The molecule has 0 aliphatic carbocycles. The van der Waals surface area contributed by atoms with Crippen LogP contribution in [0.3, 0.4) is 0 Å². The van der Waals surface area contributed by atoms with Gasteiger partial charge in [-0.3, -0.25) is 10.3 Å². The second kappa shape index (κ2) is 10.1. The number of hydrogen-bond acceptors (Lipinski definition) is 5. The van der Waals surface area contributed by atoms with Crippen LogP contribution in [0.25, 0.3) is 6.08 Å². The van der Waals surface area contributed by atoms with E-state index in [9.17, 15) is 9.90 Å². The van der Waals surface area contributed by atoms with Crippen molar-refractivity contribution < 1.29 is 9.90 Å². The lowest BCUT2D eigenvalue weighted by Crippen LogP contribution is -2.34. The van der Waals surface area contributed by atoms with Crippen LogP contribution in [0.1, 0.15) is 41.1 Å². The Morgan fingerprint density at radius 3 is 2.45 bits per heavy atom. The monoisotopic (exact) mass is 413 g/mol. The fraction of sp³-hybridized carbons (Fsp3) is 0.273. The van der Waals surface area contributed by atoms with Gasteiger partial charge in [0.1, 0.15) is 5.84 Å². The van der Waals surface area contributed by atoms with Gasteiger partial charge < -0.3 is 21.0 Å². The van der Waals surface area contributed by atoms with Crippen molar-refractivity contribution in [1.82, 2.24) is 4.90 Å². The first-order chi connectivity index (χ1) is 13.5. The number of halogens is 1. The Morgan fingerprint density at radius 2 is 1.90 bits per heavy atom. The fourth-order valence-electron chi connectivity index (χ4n) is 3.51. The molecule has 7 heteroatoms. The van der Waals surface area contributed by atoms with Crippen molar-refractivity contribution >= 4 is 36.0 Å². The number of amidine groups is 1. The van der Waals surface area contributed by atoms with E-state index in [1.54, 1.807) is 30.3 Å². The third kappa shape index (κ3) is 5.82. The fourth-order valence-corrected chi connectivity index (χ4v) is 3.51. The van der Waals surface area contributed by atoms with Gasteiger partial charge in [0, 0.05) is 17.8 Å². The van der Waals surface area contributed by atoms with Crippen molar-refractivity contribution in [3.05, 3.63) is 71.3 Å². The van der Waals surface area contributed by atoms with Crippen LogP contribution < -0.4 is 16.2 Å². The van der Waals surface area contributed by atoms with Gasteiger partial charge in [0.25, 0.3) is 0 Å². The maximum Gasteiger partial charge on any atom is 0.122 e. The van der Waals surface area contributed by atoms with E-state index >= 15 is 0 Å². The number of nitrogen functional groups attached to an aromatic ring is 1. The Morgan fingerprint density at radius 1 is 1.24 bits per heavy atom. The summed E-state index contributed by atoms with van der Waals surface area (Å²) in [7, 11) is 0. The summed E-state index contributed by atoms with van der Waals surface area (Å²) < 4.78 is 0. The average molecular weight is 414 g/mol. The summed E-state index contributed by atoms with van der Waals surface area (Å²) in [4.78, 5) is 14.2. The highest BCUT2D eigenvalue weighted by molar-refractivity contribution is 5.95. The highest BCUT2D eigenvalue weighted by Crippen LogP contribution is 2.24. The molecule has 154 valence electrons. The minimum Gasteiger partial charge on any atom is -0.548 e. The van der Waals surface area contributed by atoms with E-state index in [1.165, 1.54) is 12.8 Å². The van der Waals surface area contributed by atoms with Crippen molar-refractivity contribution in [2.24, 2.45) is 5.73 Å². The minimum atomic E-state index is -1.20. The lowest BCUT2D eigenvalue weighted by atomic mass is 9.99. The molecule has 1 heterocycles. The third-order valence-electron chi connectivity index (χ3n) is 4.95. The number of benzene rings is 2. The molecule has 1 atom stereocenters. The first-order valence-corrected chi connectivity index (χ1v) is 9.37. The first kappa shape index (κ1) is 22.5. The SMILES string of the molecule is C=Cc1cc(CN2CCCC2)cc(C(Nc2ccc(C(=N)N)cc2)C(=O)[O-])c1.Cl. The normalized spacial score (nSPS) is 14.6. The number of anilines is 1. The predicted molar refractivity (Wildman–Crippen MR) is 117 cm³/mol. The molecule has 1 fully saturated rings. The van der Waals surface area contributed by atoms with Crippen molar-refractivity contribution in [2.45, 2.75) is 25.4 Å². The van der Waals surface area contributed by atoms with Gasteiger partial charge in [-0.1, -0.05) is 24.8 Å². The molecular formula is C22H26ClN4O2-. The van der Waals surface area contributed by atoms with Crippen LogP contribution in [0.5, 0.6) is 0 Å². The van der Waals surface area contributed by atoms with E-state index in [0.29, 0.717) is 16.8 Å². The van der Waals surface area contributed by atoms with Crippen molar-refractivity contribution in [3.63, 3.8) is 0 Å². The molecule has 3 rings (SSSR count). The Balaban J connectivity index is 0.00000300. The topological polar surface area (TPSA) is 105 Å². The number of carboxylic acid groups (broad SMARTS) is 1. The Bertz CT molecular complexity index is 877. The lowest BCUT2D eigenvalue weighted by Gasteiger charge is -2.23. The first-order valence-electron chi connectivity index (χ1n) is 9.37.